The van der Waals surface area contributed by atoms with Gasteiger partial charge in [0.1, 0.15) is 0 Å². The average molecular weight is 295 g/mol. The second-order valence-electron chi connectivity index (χ2n) is 7.52. The summed E-state index contributed by atoms with van der Waals surface area (Å²) >= 11 is 0. The molecule has 1 aromatic carbocycles. The summed E-state index contributed by atoms with van der Waals surface area (Å²) < 4.78 is 19.5. The molecule has 0 radical (unpaired) electrons. The first-order valence-electron chi connectivity index (χ1n) is 7.65. The van der Waals surface area contributed by atoms with E-state index in [0.717, 1.165) is 12.1 Å². The summed E-state index contributed by atoms with van der Waals surface area (Å²) in [6, 6.07) is 5.38. The average Bonchev–Trinajstić information content (AvgIpc) is 2.38. The van der Waals surface area contributed by atoms with Crippen molar-refractivity contribution in [3.8, 4) is 5.75 Å². The molecular weight excluding hydrogens is 265 g/mol. The molecule has 1 atom stereocenters. The number of nitrogens with one attached hydrogen (secondary N) is 1. The largest absolute Gasteiger partial charge is 0.494 e. The van der Waals surface area contributed by atoms with E-state index in [4.69, 9.17) is 4.74 Å². The van der Waals surface area contributed by atoms with Crippen LogP contribution in [0.4, 0.5) is 4.39 Å². The minimum absolute atomic E-state index is 0.0134. The summed E-state index contributed by atoms with van der Waals surface area (Å²) in [5, 5.41) is 3.56. The molecule has 0 saturated carbocycles. The van der Waals surface area contributed by atoms with Gasteiger partial charge in [-0.2, -0.15) is 0 Å². The van der Waals surface area contributed by atoms with Gasteiger partial charge in [-0.1, -0.05) is 32.9 Å². The van der Waals surface area contributed by atoms with Crippen LogP contribution in [-0.2, 0) is 6.42 Å². The lowest BCUT2D eigenvalue weighted by Gasteiger charge is -2.37. The Kier molecular flexibility index (Phi) is 5.80. The Morgan fingerprint density at radius 3 is 2.29 bits per heavy atom. The zero-order valence-electron chi connectivity index (χ0n) is 14.5. The first-order valence-corrected chi connectivity index (χ1v) is 7.65. The molecule has 0 bridgehead atoms. The molecule has 120 valence electrons. The van der Waals surface area contributed by atoms with Crippen LogP contribution >= 0.6 is 0 Å². The summed E-state index contributed by atoms with van der Waals surface area (Å²) in [7, 11) is 1.50. The van der Waals surface area contributed by atoms with Gasteiger partial charge in [0.25, 0.3) is 0 Å². The third-order valence-electron chi connectivity index (χ3n) is 4.27. The van der Waals surface area contributed by atoms with Gasteiger partial charge in [0.05, 0.1) is 7.11 Å². The standard InChI is InChI=1S/C18H30FNO/c1-13(2)18(6,12-20-17(3,4)5)11-14-9-8-10-15(21-7)16(14)19/h8-10,13,20H,11-12H2,1-7H3. The Morgan fingerprint density at radius 2 is 1.81 bits per heavy atom. The van der Waals surface area contributed by atoms with E-state index in [1.54, 1.807) is 6.07 Å². The molecule has 0 aliphatic carbocycles. The Hall–Kier alpha value is -1.09. The van der Waals surface area contributed by atoms with Crippen molar-refractivity contribution in [1.29, 1.82) is 0 Å². The highest BCUT2D eigenvalue weighted by molar-refractivity contribution is 5.31. The maximum atomic E-state index is 14.4. The van der Waals surface area contributed by atoms with Crippen molar-refractivity contribution in [3.63, 3.8) is 0 Å². The fraction of sp³-hybridized carbons (Fsp3) is 0.667. The highest BCUT2D eigenvalue weighted by Gasteiger charge is 2.31. The molecule has 0 amide bonds. The summed E-state index contributed by atoms with van der Waals surface area (Å²) in [6.45, 7) is 13.9. The van der Waals surface area contributed by atoms with Crippen LogP contribution in [0.5, 0.6) is 5.75 Å². The molecular formula is C18H30FNO. The Labute approximate surface area is 129 Å². The van der Waals surface area contributed by atoms with E-state index in [0.29, 0.717) is 18.1 Å². The van der Waals surface area contributed by atoms with Gasteiger partial charge < -0.3 is 10.1 Å². The second-order valence-corrected chi connectivity index (χ2v) is 7.52. The maximum absolute atomic E-state index is 14.4. The highest BCUT2D eigenvalue weighted by atomic mass is 19.1. The minimum Gasteiger partial charge on any atom is -0.494 e. The monoisotopic (exact) mass is 295 g/mol. The number of methoxy groups -OCH3 is 1. The molecule has 3 heteroatoms. The van der Waals surface area contributed by atoms with Gasteiger partial charge in [0, 0.05) is 12.1 Å². The van der Waals surface area contributed by atoms with E-state index in [1.165, 1.54) is 7.11 Å². The van der Waals surface area contributed by atoms with Gasteiger partial charge in [0.2, 0.25) is 0 Å². The number of ether oxygens (including phenoxy) is 1. The SMILES string of the molecule is COc1cccc(CC(C)(CNC(C)(C)C)C(C)C)c1F. The second kappa shape index (κ2) is 6.78. The Balaban J connectivity index is 2.98. The van der Waals surface area contributed by atoms with E-state index in [-0.39, 0.29) is 16.8 Å². The molecule has 0 aliphatic heterocycles. The Morgan fingerprint density at radius 1 is 1.19 bits per heavy atom. The number of rotatable bonds is 6. The number of hydrogen-bond acceptors (Lipinski definition) is 2. The number of hydrogen-bond donors (Lipinski definition) is 1. The van der Waals surface area contributed by atoms with Gasteiger partial charge in [0.15, 0.2) is 11.6 Å². The van der Waals surface area contributed by atoms with Crippen molar-refractivity contribution in [2.24, 2.45) is 11.3 Å². The molecule has 1 N–H and O–H groups in total. The molecule has 21 heavy (non-hydrogen) atoms. The molecule has 1 unspecified atom stereocenters. The predicted octanol–water partition coefficient (Wildman–Crippen LogP) is 4.43. The molecule has 0 fully saturated rings. The van der Waals surface area contributed by atoms with Gasteiger partial charge in [-0.05, 0) is 50.2 Å². The minimum atomic E-state index is -0.234. The Bertz CT molecular complexity index is 465. The van der Waals surface area contributed by atoms with Gasteiger partial charge in [-0.25, -0.2) is 4.39 Å². The van der Waals surface area contributed by atoms with Crippen LogP contribution in [0.25, 0.3) is 0 Å². The fourth-order valence-corrected chi connectivity index (χ4v) is 2.22. The summed E-state index contributed by atoms with van der Waals surface area (Å²) in [5.41, 5.74) is 0.769. The zero-order chi connectivity index (χ0) is 16.3. The molecule has 0 aromatic heterocycles. The number of benzene rings is 1. The van der Waals surface area contributed by atoms with Crippen molar-refractivity contribution in [1.82, 2.24) is 5.32 Å². The third-order valence-corrected chi connectivity index (χ3v) is 4.27. The number of halogens is 1. The van der Waals surface area contributed by atoms with Crippen molar-refractivity contribution in [3.05, 3.63) is 29.6 Å². The smallest absolute Gasteiger partial charge is 0.168 e. The van der Waals surface area contributed by atoms with E-state index >= 15 is 0 Å². The lowest BCUT2D eigenvalue weighted by atomic mass is 9.74. The van der Waals surface area contributed by atoms with Crippen molar-refractivity contribution < 1.29 is 9.13 Å². The summed E-state index contributed by atoms with van der Waals surface area (Å²) in [4.78, 5) is 0. The van der Waals surface area contributed by atoms with E-state index in [1.807, 2.05) is 12.1 Å². The van der Waals surface area contributed by atoms with Gasteiger partial charge >= 0.3 is 0 Å². The van der Waals surface area contributed by atoms with Crippen molar-refractivity contribution >= 4 is 0 Å². The van der Waals surface area contributed by atoms with Crippen LogP contribution in [-0.4, -0.2) is 19.2 Å². The first-order chi connectivity index (χ1) is 9.59. The lowest BCUT2D eigenvalue weighted by Crippen LogP contribution is -2.45. The van der Waals surface area contributed by atoms with Crippen LogP contribution in [0, 0.1) is 17.2 Å². The normalized spacial score (nSPS) is 15.1. The van der Waals surface area contributed by atoms with Crippen molar-refractivity contribution in [2.75, 3.05) is 13.7 Å². The zero-order valence-corrected chi connectivity index (χ0v) is 14.5. The van der Waals surface area contributed by atoms with Gasteiger partial charge in [-0.3, -0.25) is 0 Å². The van der Waals surface area contributed by atoms with Crippen molar-refractivity contribution in [2.45, 2.75) is 53.5 Å². The van der Waals surface area contributed by atoms with E-state index in [9.17, 15) is 4.39 Å². The van der Waals surface area contributed by atoms with Gasteiger partial charge in [-0.15, -0.1) is 0 Å². The molecule has 0 spiro atoms. The topological polar surface area (TPSA) is 21.3 Å². The lowest BCUT2D eigenvalue weighted by molar-refractivity contribution is 0.185. The summed E-state index contributed by atoms with van der Waals surface area (Å²) in [5.74, 6) is 0.531. The maximum Gasteiger partial charge on any atom is 0.168 e. The van der Waals surface area contributed by atoms with Crippen LogP contribution in [0.1, 0.15) is 47.1 Å². The van der Waals surface area contributed by atoms with E-state index in [2.05, 4.69) is 46.9 Å². The van der Waals surface area contributed by atoms with E-state index < -0.39 is 0 Å². The predicted molar refractivity (Wildman–Crippen MR) is 87.4 cm³/mol. The van der Waals surface area contributed by atoms with Crippen LogP contribution in [0.15, 0.2) is 18.2 Å². The quantitative estimate of drug-likeness (QED) is 0.838. The molecule has 1 rings (SSSR count). The highest BCUT2D eigenvalue weighted by Crippen LogP contribution is 2.33. The third kappa shape index (κ3) is 4.99. The van der Waals surface area contributed by atoms with Crippen LogP contribution < -0.4 is 10.1 Å². The molecule has 0 aliphatic rings. The van der Waals surface area contributed by atoms with Crippen LogP contribution in [0.2, 0.25) is 0 Å². The summed E-state index contributed by atoms with van der Waals surface area (Å²) in [6.07, 6.45) is 0.691. The fourth-order valence-electron chi connectivity index (χ4n) is 2.22. The molecule has 0 saturated heterocycles. The first kappa shape index (κ1) is 18.0. The molecule has 0 heterocycles. The molecule has 2 nitrogen and oxygen atoms in total. The molecule has 1 aromatic rings. The van der Waals surface area contributed by atoms with Crippen LogP contribution in [0.3, 0.4) is 0 Å².